The smallest absolute Gasteiger partial charge is 0.309 e. The van der Waals surface area contributed by atoms with E-state index in [-0.39, 0.29) is 37.9 Å². The van der Waals surface area contributed by atoms with Crippen molar-refractivity contribution in [3.8, 4) is 11.8 Å². The molecule has 0 atom stereocenters. The number of carbonyl (C=O) groups is 2. The van der Waals surface area contributed by atoms with Crippen molar-refractivity contribution in [2.75, 3.05) is 29.5 Å². The number of rotatable bonds is 8. The number of esters is 1. The van der Waals surface area contributed by atoms with Gasteiger partial charge in [-0.2, -0.15) is 5.26 Å². The predicted molar refractivity (Wildman–Crippen MR) is 183 cm³/mol. The Hall–Kier alpha value is -4.41. The molecule has 0 unspecified atom stereocenters. The summed E-state index contributed by atoms with van der Waals surface area (Å²) in [4.78, 5) is 57.5. The van der Waals surface area contributed by atoms with Crippen LogP contribution in [0.5, 0.6) is 0 Å². The second-order valence-electron chi connectivity index (χ2n) is 11.2. The van der Waals surface area contributed by atoms with Crippen molar-refractivity contribution >= 4 is 57.8 Å². The van der Waals surface area contributed by atoms with Crippen LogP contribution in [0.2, 0.25) is 0 Å². The third kappa shape index (κ3) is 5.71. The van der Waals surface area contributed by atoms with E-state index in [0.29, 0.717) is 73.8 Å². The zero-order chi connectivity index (χ0) is 33.3. The van der Waals surface area contributed by atoms with E-state index in [9.17, 15) is 24.4 Å². The molecule has 11 nitrogen and oxygen atoms in total. The van der Waals surface area contributed by atoms with E-state index in [1.54, 1.807) is 43.1 Å². The second-order valence-corrected chi connectivity index (χ2v) is 12.9. The maximum Gasteiger partial charge on any atom is 0.309 e. The van der Waals surface area contributed by atoms with Crippen molar-refractivity contribution in [1.29, 1.82) is 5.26 Å². The maximum atomic E-state index is 14.1. The third-order valence-corrected chi connectivity index (χ3v) is 9.83. The number of nitrogens with zero attached hydrogens (tertiary/aromatic N) is 6. The molecular weight excluding hydrogens is 625 g/mol. The monoisotopic (exact) mass is 660 g/mol. The average Bonchev–Trinajstić information content (AvgIpc) is 3.44. The first-order valence-corrected chi connectivity index (χ1v) is 16.5. The lowest BCUT2D eigenvalue weighted by atomic mass is 9.95. The number of para-hydroxylation sites is 1. The van der Waals surface area contributed by atoms with E-state index in [0.717, 1.165) is 11.8 Å². The van der Waals surface area contributed by atoms with Crippen molar-refractivity contribution in [1.82, 2.24) is 13.9 Å². The molecule has 0 radical (unpaired) electrons. The highest BCUT2D eigenvalue weighted by molar-refractivity contribution is 8.27. The molecule has 0 bridgehead atoms. The summed E-state index contributed by atoms with van der Waals surface area (Å²) in [5, 5.41) is 10.0. The first kappa shape index (κ1) is 33.0. The highest BCUT2D eigenvalue weighted by atomic mass is 32.2. The Bertz CT molecular complexity index is 1910. The van der Waals surface area contributed by atoms with Crippen LogP contribution in [0.25, 0.3) is 11.8 Å². The van der Waals surface area contributed by atoms with Crippen LogP contribution in [0.3, 0.4) is 0 Å². The summed E-state index contributed by atoms with van der Waals surface area (Å²) in [5.74, 6) is -0.330. The molecule has 240 valence electrons. The Morgan fingerprint density at radius 2 is 1.78 bits per heavy atom. The standard InChI is InChI=1S/C33H36N6O5S2/c1-6-15-37-28(36-16-13-22(14-17-36)32(43)44-7-2)24(20(3)25(19-34)29(37)40)18-26-30(41)38(33(45)46-26)27-21(4)35(5)39(31(27)42)23-11-9-8-10-12-23/h8-12,18,22H,6-7,13-17H2,1-5H3/b26-18+. The Morgan fingerprint density at radius 1 is 1.11 bits per heavy atom. The van der Waals surface area contributed by atoms with E-state index >= 15 is 0 Å². The van der Waals surface area contributed by atoms with Crippen molar-refractivity contribution in [3.05, 3.63) is 78.3 Å². The zero-order valence-corrected chi connectivity index (χ0v) is 28.2. The highest BCUT2D eigenvalue weighted by Gasteiger charge is 2.39. The molecule has 0 spiro atoms. The van der Waals surface area contributed by atoms with Gasteiger partial charge in [-0.05, 0) is 63.8 Å². The molecule has 5 rings (SSSR count). The van der Waals surface area contributed by atoms with Gasteiger partial charge in [0.1, 0.15) is 23.1 Å². The number of ether oxygens (including phenoxy) is 1. The number of nitriles is 1. The number of thiocarbonyl (C=S) groups is 1. The number of benzene rings is 1. The van der Waals surface area contributed by atoms with Crippen molar-refractivity contribution < 1.29 is 14.3 Å². The van der Waals surface area contributed by atoms with Gasteiger partial charge in [0.25, 0.3) is 17.0 Å². The van der Waals surface area contributed by atoms with Gasteiger partial charge < -0.3 is 9.64 Å². The summed E-state index contributed by atoms with van der Waals surface area (Å²) in [5.41, 5.74) is 1.63. The Kier molecular flexibility index (Phi) is 9.69. The summed E-state index contributed by atoms with van der Waals surface area (Å²) in [7, 11) is 1.75. The number of hydrogen-bond acceptors (Lipinski definition) is 9. The second kappa shape index (κ2) is 13.5. The van der Waals surface area contributed by atoms with Crippen LogP contribution in [0, 0.1) is 31.1 Å². The van der Waals surface area contributed by atoms with Gasteiger partial charge in [-0.15, -0.1) is 0 Å². The molecular formula is C33H36N6O5S2. The van der Waals surface area contributed by atoms with Crippen LogP contribution in [-0.2, 0) is 27.9 Å². The molecule has 2 aliphatic rings. The van der Waals surface area contributed by atoms with Gasteiger partial charge in [-0.25, -0.2) is 4.68 Å². The maximum absolute atomic E-state index is 14.1. The molecule has 2 aromatic heterocycles. The minimum atomic E-state index is -0.459. The van der Waals surface area contributed by atoms with Gasteiger partial charge in [0.2, 0.25) is 0 Å². The largest absolute Gasteiger partial charge is 0.466 e. The van der Waals surface area contributed by atoms with Crippen LogP contribution in [0.4, 0.5) is 11.5 Å². The van der Waals surface area contributed by atoms with Crippen molar-refractivity contribution in [2.45, 2.75) is 53.5 Å². The number of aromatic nitrogens is 3. The Morgan fingerprint density at radius 3 is 2.39 bits per heavy atom. The molecule has 0 N–H and O–H groups in total. The average molecular weight is 661 g/mol. The number of pyridine rings is 1. The van der Waals surface area contributed by atoms with Crippen LogP contribution in [-0.4, -0.2) is 49.8 Å². The van der Waals surface area contributed by atoms with Gasteiger partial charge in [0.05, 0.1) is 28.8 Å². The van der Waals surface area contributed by atoms with Gasteiger partial charge in [0, 0.05) is 32.2 Å². The summed E-state index contributed by atoms with van der Waals surface area (Å²) < 4.78 is 10.2. The molecule has 0 saturated carbocycles. The molecule has 13 heteroatoms. The fourth-order valence-corrected chi connectivity index (χ4v) is 7.36. The lowest BCUT2D eigenvalue weighted by molar-refractivity contribution is -0.148. The first-order valence-electron chi connectivity index (χ1n) is 15.3. The Labute approximate surface area is 276 Å². The molecule has 2 fully saturated rings. The molecule has 0 aliphatic carbocycles. The third-order valence-electron chi connectivity index (χ3n) is 8.52. The molecule has 46 heavy (non-hydrogen) atoms. The quantitative estimate of drug-likeness (QED) is 0.196. The van der Waals surface area contributed by atoms with Crippen molar-refractivity contribution in [2.24, 2.45) is 13.0 Å². The van der Waals surface area contributed by atoms with Gasteiger partial charge in [-0.1, -0.05) is 49.1 Å². The van der Waals surface area contributed by atoms with Crippen LogP contribution in [0.1, 0.15) is 55.5 Å². The number of anilines is 2. The number of amides is 1. The molecule has 3 aromatic rings. The summed E-state index contributed by atoms with van der Waals surface area (Å²) in [6.45, 7) is 8.86. The fourth-order valence-electron chi connectivity index (χ4n) is 6.11. The molecule has 1 aromatic carbocycles. The van der Waals surface area contributed by atoms with E-state index in [1.807, 2.05) is 42.2 Å². The van der Waals surface area contributed by atoms with Gasteiger partial charge in [0.15, 0.2) is 4.32 Å². The van der Waals surface area contributed by atoms with Crippen molar-refractivity contribution in [3.63, 3.8) is 0 Å². The summed E-state index contributed by atoms with van der Waals surface area (Å²) in [6.07, 6.45) is 3.41. The van der Waals surface area contributed by atoms with E-state index in [4.69, 9.17) is 17.0 Å². The van der Waals surface area contributed by atoms with Crippen LogP contribution in [0.15, 0.2) is 44.8 Å². The minimum Gasteiger partial charge on any atom is -0.466 e. The van der Waals surface area contributed by atoms with Gasteiger partial charge >= 0.3 is 5.97 Å². The lowest BCUT2D eigenvalue weighted by Gasteiger charge is -2.35. The van der Waals surface area contributed by atoms with E-state index in [2.05, 4.69) is 6.07 Å². The number of hydrogen-bond donors (Lipinski definition) is 0. The number of thioether (sulfide) groups is 1. The van der Waals surface area contributed by atoms with Crippen LogP contribution >= 0.6 is 24.0 Å². The molecule has 2 saturated heterocycles. The van der Waals surface area contributed by atoms with Crippen LogP contribution < -0.4 is 20.9 Å². The number of piperidine rings is 1. The normalized spacial score (nSPS) is 16.4. The highest BCUT2D eigenvalue weighted by Crippen LogP contribution is 2.39. The molecule has 2 aliphatic heterocycles. The fraction of sp³-hybridized carbons (Fsp3) is 0.394. The lowest BCUT2D eigenvalue weighted by Crippen LogP contribution is -2.41. The molecule has 1 amide bonds. The summed E-state index contributed by atoms with van der Waals surface area (Å²) in [6, 6.07) is 11.2. The summed E-state index contributed by atoms with van der Waals surface area (Å²) >= 11 is 6.75. The first-order chi connectivity index (χ1) is 22.0. The topological polar surface area (TPSA) is 123 Å². The van der Waals surface area contributed by atoms with E-state index < -0.39 is 11.5 Å². The van der Waals surface area contributed by atoms with E-state index in [1.165, 1.54) is 9.58 Å². The SMILES string of the molecule is CCCn1c(N2CCC(C(=O)OCC)CC2)c(/C=C2/SC(=S)N(c3c(C)n(C)n(-c4ccccc4)c3=O)C2=O)c(C)c(C#N)c1=O. The predicted octanol–water partition coefficient (Wildman–Crippen LogP) is 4.42. The molecule has 4 heterocycles. The Balaban J connectivity index is 1.61. The number of carbonyl (C=O) groups excluding carboxylic acids is 2. The van der Waals surface area contributed by atoms with Gasteiger partial charge in [-0.3, -0.25) is 33.3 Å². The minimum absolute atomic E-state index is 0.00462. The zero-order valence-electron chi connectivity index (χ0n) is 26.5.